The van der Waals surface area contributed by atoms with E-state index in [1.807, 2.05) is 24.3 Å². The van der Waals surface area contributed by atoms with Crippen molar-refractivity contribution < 1.29 is 13.6 Å². The van der Waals surface area contributed by atoms with Crippen LogP contribution in [0.25, 0.3) is 10.8 Å². The Bertz CT molecular complexity index is 941. The number of halogens is 2. The Morgan fingerprint density at radius 2 is 1.68 bits per heavy atom. The van der Waals surface area contributed by atoms with Gasteiger partial charge in [0.2, 0.25) is 0 Å². The van der Waals surface area contributed by atoms with E-state index in [2.05, 4.69) is 0 Å². The van der Waals surface area contributed by atoms with E-state index in [4.69, 9.17) is 5.26 Å². The molecule has 0 spiro atoms. The Morgan fingerprint density at radius 1 is 0.955 bits per heavy atom. The van der Waals surface area contributed by atoms with Crippen molar-refractivity contribution in [1.82, 2.24) is 0 Å². The van der Waals surface area contributed by atoms with Gasteiger partial charge in [-0.25, -0.2) is 8.78 Å². The number of nitrogens with zero attached hydrogens (tertiary/aromatic N) is 1. The molecule has 0 aliphatic rings. The molecular formula is C18H9F2NO. The minimum Gasteiger partial charge on any atom is -0.288 e. The van der Waals surface area contributed by atoms with E-state index in [1.54, 1.807) is 24.3 Å². The second-order valence-electron chi connectivity index (χ2n) is 4.82. The van der Waals surface area contributed by atoms with Crippen LogP contribution in [0.3, 0.4) is 0 Å². The molecule has 0 aliphatic heterocycles. The second-order valence-corrected chi connectivity index (χ2v) is 4.82. The molecule has 3 aromatic rings. The van der Waals surface area contributed by atoms with Gasteiger partial charge in [-0.1, -0.05) is 36.4 Å². The normalized spacial score (nSPS) is 10.4. The van der Waals surface area contributed by atoms with Crippen LogP contribution in [0.15, 0.2) is 54.6 Å². The number of benzene rings is 3. The number of carbonyl (C=O) groups is 1. The lowest BCUT2D eigenvalue weighted by atomic mass is 9.98. The number of hydrogen-bond acceptors (Lipinski definition) is 2. The standard InChI is InChI=1S/C18H9F2NO/c19-16-8-11(10-21)7-15(17(16)20)18(22)14-6-5-12-3-1-2-4-13(12)9-14/h1-9H. The highest BCUT2D eigenvalue weighted by molar-refractivity contribution is 6.11. The van der Waals surface area contributed by atoms with Gasteiger partial charge in [0.25, 0.3) is 0 Å². The molecule has 0 amide bonds. The molecule has 0 saturated heterocycles. The van der Waals surface area contributed by atoms with E-state index in [9.17, 15) is 13.6 Å². The Hall–Kier alpha value is -3.06. The van der Waals surface area contributed by atoms with Gasteiger partial charge in [0.05, 0.1) is 17.2 Å². The molecule has 0 atom stereocenters. The summed E-state index contributed by atoms with van der Waals surface area (Å²) in [6.45, 7) is 0. The predicted molar refractivity (Wildman–Crippen MR) is 78.5 cm³/mol. The zero-order valence-electron chi connectivity index (χ0n) is 11.3. The first-order chi connectivity index (χ1) is 10.6. The van der Waals surface area contributed by atoms with Gasteiger partial charge in [-0.3, -0.25) is 4.79 Å². The van der Waals surface area contributed by atoms with Gasteiger partial charge in [0.1, 0.15) is 0 Å². The average molecular weight is 293 g/mol. The van der Waals surface area contributed by atoms with Gasteiger partial charge >= 0.3 is 0 Å². The van der Waals surface area contributed by atoms with Gasteiger partial charge in [0.15, 0.2) is 17.4 Å². The average Bonchev–Trinajstić information content (AvgIpc) is 2.56. The summed E-state index contributed by atoms with van der Waals surface area (Å²) in [5, 5.41) is 10.6. The lowest BCUT2D eigenvalue weighted by molar-refractivity contribution is 0.103. The number of hydrogen-bond donors (Lipinski definition) is 0. The molecule has 0 saturated carbocycles. The van der Waals surface area contributed by atoms with Gasteiger partial charge in [-0.2, -0.15) is 5.26 Å². The van der Waals surface area contributed by atoms with Gasteiger partial charge in [-0.05, 0) is 29.0 Å². The van der Waals surface area contributed by atoms with E-state index in [0.29, 0.717) is 0 Å². The summed E-state index contributed by atoms with van der Waals surface area (Å²) < 4.78 is 27.3. The van der Waals surface area contributed by atoms with Crippen molar-refractivity contribution in [2.45, 2.75) is 0 Å². The SMILES string of the molecule is N#Cc1cc(F)c(F)c(C(=O)c2ccc3ccccc3c2)c1. The van der Waals surface area contributed by atoms with E-state index in [1.165, 1.54) is 0 Å². The zero-order chi connectivity index (χ0) is 15.7. The minimum atomic E-state index is -1.24. The molecule has 106 valence electrons. The summed E-state index contributed by atoms with van der Waals surface area (Å²) in [5.74, 6) is -3.10. The Kier molecular flexibility index (Phi) is 3.40. The third kappa shape index (κ3) is 2.33. The van der Waals surface area contributed by atoms with Gasteiger partial charge in [0, 0.05) is 5.56 Å². The summed E-state index contributed by atoms with van der Waals surface area (Å²) in [4.78, 5) is 12.4. The lowest BCUT2D eigenvalue weighted by Gasteiger charge is -2.06. The van der Waals surface area contributed by atoms with Crippen LogP contribution < -0.4 is 0 Å². The molecule has 0 N–H and O–H groups in total. The number of carbonyl (C=O) groups excluding carboxylic acids is 1. The van der Waals surface area contributed by atoms with E-state index in [0.717, 1.165) is 22.9 Å². The molecule has 3 aromatic carbocycles. The monoisotopic (exact) mass is 293 g/mol. The van der Waals surface area contributed by atoms with Crippen molar-refractivity contribution in [3.63, 3.8) is 0 Å². The first-order valence-corrected chi connectivity index (χ1v) is 6.53. The summed E-state index contributed by atoms with van der Waals surface area (Å²) in [6.07, 6.45) is 0. The Labute approximate surface area is 125 Å². The van der Waals surface area contributed by atoms with Crippen molar-refractivity contribution in [2.75, 3.05) is 0 Å². The maximum Gasteiger partial charge on any atom is 0.196 e. The molecule has 0 radical (unpaired) electrons. The summed E-state index contributed by atoms with van der Waals surface area (Å²) in [7, 11) is 0. The van der Waals surface area contributed by atoms with Crippen molar-refractivity contribution in [3.8, 4) is 6.07 Å². The quantitative estimate of drug-likeness (QED) is 0.664. The van der Waals surface area contributed by atoms with Crippen LogP contribution in [0.5, 0.6) is 0 Å². The predicted octanol–water partition coefficient (Wildman–Crippen LogP) is 4.22. The molecule has 0 unspecified atom stereocenters. The first-order valence-electron chi connectivity index (χ1n) is 6.53. The third-order valence-electron chi connectivity index (χ3n) is 3.41. The first kappa shape index (κ1) is 13.9. The minimum absolute atomic E-state index is 0.0944. The lowest BCUT2D eigenvalue weighted by Crippen LogP contribution is -2.07. The van der Waals surface area contributed by atoms with Crippen LogP contribution in [0.4, 0.5) is 8.78 Å². The molecule has 0 heterocycles. The van der Waals surface area contributed by atoms with Crippen LogP contribution in [0.2, 0.25) is 0 Å². The Morgan fingerprint density at radius 3 is 2.41 bits per heavy atom. The molecule has 4 heteroatoms. The number of ketones is 1. The molecule has 0 aromatic heterocycles. The number of fused-ring (bicyclic) bond motifs is 1. The van der Waals surface area contributed by atoms with Crippen LogP contribution in [-0.2, 0) is 0 Å². The second kappa shape index (κ2) is 5.38. The fourth-order valence-corrected chi connectivity index (χ4v) is 2.30. The van der Waals surface area contributed by atoms with Crippen molar-refractivity contribution in [2.24, 2.45) is 0 Å². The molecular weight excluding hydrogens is 284 g/mol. The van der Waals surface area contributed by atoms with E-state index < -0.39 is 23.0 Å². The third-order valence-corrected chi connectivity index (χ3v) is 3.41. The van der Waals surface area contributed by atoms with Crippen LogP contribution in [0, 0.1) is 23.0 Å². The summed E-state index contributed by atoms with van der Waals surface area (Å²) in [5.41, 5.74) is -0.290. The Balaban J connectivity index is 2.13. The molecule has 0 aliphatic carbocycles. The molecule has 0 fully saturated rings. The van der Waals surface area contributed by atoms with Crippen molar-refractivity contribution >= 4 is 16.6 Å². The van der Waals surface area contributed by atoms with Gasteiger partial charge in [-0.15, -0.1) is 0 Å². The molecule has 2 nitrogen and oxygen atoms in total. The molecule has 3 rings (SSSR count). The maximum absolute atomic E-state index is 13.9. The van der Waals surface area contributed by atoms with Crippen molar-refractivity contribution in [1.29, 1.82) is 5.26 Å². The van der Waals surface area contributed by atoms with Crippen LogP contribution in [-0.4, -0.2) is 5.78 Å². The smallest absolute Gasteiger partial charge is 0.196 e. The van der Waals surface area contributed by atoms with E-state index >= 15 is 0 Å². The summed E-state index contributed by atoms with van der Waals surface area (Å²) in [6, 6.07) is 15.9. The summed E-state index contributed by atoms with van der Waals surface area (Å²) >= 11 is 0. The van der Waals surface area contributed by atoms with Crippen molar-refractivity contribution in [3.05, 3.63) is 82.9 Å². The highest BCUT2D eigenvalue weighted by Crippen LogP contribution is 2.21. The largest absolute Gasteiger partial charge is 0.288 e. The highest BCUT2D eigenvalue weighted by Gasteiger charge is 2.19. The molecule has 0 bridgehead atoms. The topological polar surface area (TPSA) is 40.9 Å². The van der Waals surface area contributed by atoms with Gasteiger partial charge < -0.3 is 0 Å². The number of nitriles is 1. The number of rotatable bonds is 2. The highest BCUT2D eigenvalue weighted by atomic mass is 19.2. The van der Waals surface area contributed by atoms with E-state index in [-0.39, 0.29) is 11.1 Å². The molecule has 22 heavy (non-hydrogen) atoms. The van der Waals surface area contributed by atoms with Crippen LogP contribution >= 0.6 is 0 Å². The fourth-order valence-electron chi connectivity index (χ4n) is 2.30. The fraction of sp³-hybridized carbons (Fsp3) is 0. The van der Waals surface area contributed by atoms with Crippen LogP contribution in [0.1, 0.15) is 21.5 Å². The maximum atomic E-state index is 13.9. The zero-order valence-corrected chi connectivity index (χ0v) is 11.3.